The van der Waals surface area contributed by atoms with Gasteiger partial charge in [-0.15, -0.1) is 0 Å². The Morgan fingerprint density at radius 1 is 1.06 bits per heavy atom. The predicted octanol–water partition coefficient (Wildman–Crippen LogP) is 8.46. The van der Waals surface area contributed by atoms with E-state index >= 15 is 0 Å². The van der Waals surface area contributed by atoms with Crippen molar-refractivity contribution >= 4 is 51.3 Å². The van der Waals surface area contributed by atoms with E-state index in [9.17, 15) is 4.79 Å². The third-order valence-electron chi connectivity index (χ3n) is 5.72. The number of furan rings is 1. The van der Waals surface area contributed by atoms with Crippen LogP contribution < -0.4 is 10.1 Å². The van der Waals surface area contributed by atoms with Gasteiger partial charge in [-0.2, -0.15) is 0 Å². The van der Waals surface area contributed by atoms with Crippen LogP contribution in [0, 0.1) is 13.8 Å². The lowest BCUT2D eigenvalue weighted by molar-refractivity contribution is -0.111. The molecule has 0 saturated heterocycles. The minimum atomic E-state index is -0.242. The molecule has 0 saturated carbocycles. The van der Waals surface area contributed by atoms with Crippen LogP contribution in [-0.2, 0) is 4.79 Å². The van der Waals surface area contributed by atoms with E-state index in [-0.39, 0.29) is 5.91 Å². The van der Waals surface area contributed by atoms with Crippen molar-refractivity contribution in [3.05, 3.63) is 87.6 Å². The van der Waals surface area contributed by atoms with E-state index in [1.807, 2.05) is 64.1 Å². The van der Waals surface area contributed by atoms with Crippen molar-refractivity contribution in [3.63, 3.8) is 0 Å². The van der Waals surface area contributed by atoms with Crippen LogP contribution in [0.2, 0.25) is 10.0 Å². The van der Waals surface area contributed by atoms with Crippen LogP contribution in [0.5, 0.6) is 5.75 Å². The highest BCUT2D eigenvalue weighted by molar-refractivity contribution is 6.31. The lowest BCUT2D eigenvalue weighted by Crippen LogP contribution is -2.10. The first-order valence-corrected chi connectivity index (χ1v) is 11.7. The third kappa shape index (κ3) is 4.84. The molecule has 4 rings (SSSR count). The van der Waals surface area contributed by atoms with Crippen molar-refractivity contribution in [2.24, 2.45) is 0 Å². The van der Waals surface area contributed by atoms with Crippen molar-refractivity contribution in [1.29, 1.82) is 0 Å². The highest BCUT2D eigenvalue weighted by atomic mass is 35.5. The molecule has 6 heteroatoms. The fourth-order valence-electron chi connectivity index (χ4n) is 3.96. The third-order valence-corrected chi connectivity index (χ3v) is 6.20. The van der Waals surface area contributed by atoms with Gasteiger partial charge in [0.2, 0.25) is 5.91 Å². The summed E-state index contributed by atoms with van der Waals surface area (Å²) in [5.74, 6) is 0.459. The van der Waals surface area contributed by atoms with Crippen LogP contribution in [0.15, 0.2) is 65.3 Å². The van der Waals surface area contributed by atoms with E-state index in [1.54, 1.807) is 24.5 Å². The Morgan fingerprint density at radius 2 is 1.76 bits per heavy atom. The van der Waals surface area contributed by atoms with E-state index in [4.69, 9.17) is 32.4 Å². The fraction of sp³-hybridized carbons (Fsp3) is 0.179. The summed E-state index contributed by atoms with van der Waals surface area (Å²) in [5, 5.41) is 5.10. The fourth-order valence-corrected chi connectivity index (χ4v) is 4.26. The second-order valence-corrected chi connectivity index (χ2v) is 8.99. The molecule has 0 spiro atoms. The second-order valence-electron chi connectivity index (χ2n) is 8.12. The smallest absolute Gasteiger partial charge is 0.248 e. The van der Waals surface area contributed by atoms with Gasteiger partial charge in [0, 0.05) is 43.9 Å². The van der Waals surface area contributed by atoms with Crippen LogP contribution >= 0.6 is 23.2 Å². The molecule has 0 aliphatic carbocycles. The van der Waals surface area contributed by atoms with Crippen molar-refractivity contribution < 1.29 is 13.9 Å². The molecule has 0 atom stereocenters. The summed E-state index contributed by atoms with van der Waals surface area (Å²) in [6.07, 6.45) is 3.32. The van der Waals surface area contributed by atoms with Crippen LogP contribution in [0.25, 0.3) is 27.7 Å². The lowest BCUT2D eigenvalue weighted by atomic mass is 9.96. The number of halogens is 2. The van der Waals surface area contributed by atoms with Gasteiger partial charge in [0.15, 0.2) is 0 Å². The number of carbonyl (C=O) groups excluding carboxylic acids is 1. The van der Waals surface area contributed by atoms with E-state index in [0.29, 0.717) is 28.1 Å². The number of fused-ring (bicyclic) bond motifs is 1. The van der Waals surface area contributed by atoms with Gasteiger partial charge in [0.1, 0.15) is 11.3 Å². The van der Waals surface area contributed by atoms with E-state index in [2.05, 4.69) is 5.32 Å². The maximum Gasteiger partial charge on any atom is 0.248 e. The Hall–Kier alpha value is -3.21. The number of hydrogen-bond acceptors (Lipinski definition) is 3. The van der Waals surface area contributed by atoms with Gasteiger partial charge >= 0.3 is 0 Å². The number of hydrogen-bond donors (Lipinski definition) is 1. The first-order valence-electron chi connectivity index (χ1n) is 11.0. The molecule has 3 aromatic carbocycles. The summed E-state index contributed by atoms with van der Waals surface area (Å²) in [4.78, 5) is 12.8. The van der Waals surface area contributed by atoms with Crippen LogP contribution in [0.3, 0.4) is 0 Å². The Kier molecular flexibility index (Phi) is 7.01. The Bertz CT molecular complexity index is 1400. The molecule has 1 aromatic heterocycles. The Balaban J connectivity index is 1.78. The lowest BCUT2D eigenvalue weighted by Gasteiger charge is -2.15. The highest BCUT2D eigenvalue weighted by Crippen LogP contribution is 2.41. The summed E-state index contributed by atoms with van der Waals surface area (Å²) >= 11 is 12.2. The number of nitrogens with one attached hydrogen (secondary N) is 1. The molecule has 0 bridgehead atoms. The van der Waals surface area contributed by atoms with E-state index in [0.717, 1.165) is 44.4 Å². The molecule has 1 N–H and O–H groups in total. The molecule has 1 heterocycles. The SMILES string of the molecule is CCOc1c(/C(C)=C/C(=O)Nc2cc(Cl)ccc2C)cc2c(-c3ccc(Cl)cc3)coc2c1C. The summed E-state index contributed by atoms with van der Waals surface area (Å²) in [7, 11) is 0. The number of amides is 1. The minimum Gasteiger partial charge on any atom is -0.493 e. The van der Waals surface area contributed by atoms with Gasteiger partial charge in [0.25, 0.3) is 0 Å². The number of ether oxygens (including phenoxy) is 1. The number of benzene rings is 3. The quantitative estimate of drug-likeness (QED) is 0.274. The normalized spacial score (nSPS) is 11.6. The number of carbonyl (C=O) groups is 1. The molecule has 34 heavy (non-hydrogen) atoms. The molecular formula is C28H25Cl2NO3. The Labute approximate surface area is 209 Å². The molecule has 0 unspecified atom stereocenters. The minimum absolute atomic E-state index is 0.242. The maximum absolute atomic E-state index is 12.8. The summed E-state index contributed by atoms with van der Waals surface area (Å²) < 4.78 is 11.9. The largest absolute Gasteiger partial charge is 0.493 e. The van der Waals surface area contributed by atoms with Crippen molar-refractivity contribution in [3.8, 4) is 16.9 Å². The topological polar surface area (TPSA) is 51.5 Å². The molecule has 1 amide bonds. The summed E-state index contributed by atoms with van der Waals surface area (Å²) in [5.41, 5.74) is 6.80. The molecule has 0 fully saturated rings. The monoisotopic (exact) mass is 493 g/mol. The maximum atomic E-state index is 12.8. The van der Waals surface area contributed by atoms with Crippen molar-refractivity contribution in [1.82, 2.24) is 0 Å². The number of aryl methyl sites for hydroxylation is 2. The van der Waals surface area contributed by atoms with Gasteiger partial charge in [-0.25, -0.2) is 0 Å². The first-order chi connectivity index (χ1) is 16.3. The molecule has 0 aliphatic rings. The van der Waals surface area contributed by atoms with E-state index in [1.165, 1.54) is 0 Å². The van der Waals surface area contributed by atoms with E-state index < -0.39 is 0 Å². The molecule has 0 aliphatic heterocycles. The van der Waals surface area contributed by atoms with Gasteiger partial charge in [-0.3, -0.25) is 4.79 Å². The molecule has 4 aromatic rings. The van der Waals surface area contributed by atoms with Gasteiger partial charge in [-0.05, 0) is 74.7 Å². The van der Waals surface area contributed by atoms with Gasteiger partial charge in [-0.1, -0.05) is 41.4 Å². The molecule has 0 radical (unpaired) electrons. The zero-order chi connectivity index (χ0) is 24.4. The highest BCUT2D eigenvalue weighted by Gasteiger charge is 2.19. The van der Waals surface area contributed by atoms with Crippen LogP contribution in [0.1, 0.15) is 30.5 Å². The summed E-state index contributed by atoms with van der Waals surface area (Å²) in [6, 6.07) is 15.0. The van der Waals surface area contributed by atoms with Crippen LogP contribution in [-0.4, -0.2) is 12.5 Å². The zero-order valence-electron chi connectivity index (χ0n) is 19.5. The molecule has 174 valence electrons. The number of allylic oxidation sites excluding steroid dienone is 1. The number of anilines is 1. The average molecular weight is 494 g/mol. The summed E-state index contributed by atoms with van der Waals surface area (Å²) in [6.45, 7) is 8.21. The zero-order valence-corrected chi connectivity index (χ0v) is 21.0. The van der Waals surface area contributed by atoms with Gasteiger partial charge < -0.3 is 14.5 Å². The molecular weight excluding hydrogens is 469 g/mol. The van der Waals surface area contributed by atoms with Crippen LogP contribution in [0.4, 0.5) is 5.69 Å². The Morgan fingerprint density at radius 3 is 2.47 bits per heavy atom. The average Bonchev–Trinajstić information content (AvgIpc) is 3.23. The molecule has 4 nitrogen and oxygen atoms in total. The number of rotatable bonds is 6. The van der Waals surface area contributed by atoms with Crippen molar-refractivity contribution in [2.45, 2.75) is 27.7 Å². The first kappa shape index (κ1) is 23.9. The second kappa shape index (κ2) is 9.96. The van der Waals surface area contributed by atoms with Crippen molar-refractivity contribution in [2.75, 3.05) is 11.9 Å². The standard InChI is InChI=1S/C28H25Cl2NO3/c1-5-33-27-18(4)28-23(24(15-34-28)19-7-10-20(29)11-8-19)14-22(27)17(3)12-26(32)31-25-13-21(30)9-6-16(25)2/h6-15H,5H2,1-4H3,(H,31,32)/b17-12+. The van der Waals surface area contributed by atoms with Gasteiger partial charge in [0.05, 0.1) is 12.9 Å². The predicted molar refractivity (Wildman–Crippen MR) is 141 cm³/mol.